The maximum Gasteiger partial charge on any atom is 0.589 e. The molecule has 0 saturated carbocycles. The monoisotopic (exact) mass is 569 g/mol. The van der Waals surface area contributed by atoms with E-state index in [1.807, 2.05) is 0 Å². The number of aliphatic carboxylic acids is 1. The Morgan fingerprint density at radius 3 is 1.73 bits per heavy atom. The largest absolute Gasteiger partial charge is 0.589 e. The fraction of sp³-hybridized carbons (Fsp3) is 0.963. The van der Waals surface area contributed by atoms with Crippen LogP contribution in [0, 0.1) is 0 Å². The van der Waals surface area contributed by atoms with Crippen LogP contribution in [-0.2, 0) is 28.5 Å². The number of rotatable bonds is 26. The summed E-state index contributed by atoms with van der Waals surface area (Å²) in [4.78, 5) is 11.7. The Bertz CT molecular complexity index is 715. The van der Waals surface area contributed by atoms with Gasteiger partial charge in [0.1, 0.15) is 6.61 Å². The molecule has 0 fully saturated rings. The molecule has 0 aromatic heterocycles. The normalized spacial score (nSPS) is 15.8. The standard InChI is InChI=1S/C27H53O8PS/c1-5-8-10-12-13-14-15-16-18-20-23-37(32,33)25(21-19-17-11-9-6-2)24(4)35-27(30,26(28)29)36(31)34-22-7-3/h24-25,30H,5-23H2,1-4H3/p+1. The second kappa shape index (κ2) is 21.2. The summed E-state index contributed by atoms with van der Waals surface area (Å²) in [5.74, 6) is -1.87. The molecule has 0 bridgehead atoms. The lowest BCUT2D eigenvalue weighted by atomic mass is 10.1. The van der Waals surface area contributed by atoms with E-state index in [-0.39, 0.29) is 12.4 Å². The summed E-state index contributed by atoms with van der Waals surface area (Å²) in [6, 6.07) is 0. The number of carboxylic acids is 1. The van der Waals surface area contributed by atoms with Crippen molar-refractivity contribution in [1.82, 2.24) is 0 Å². The minimum Gasteiger partial charge on any atom is -0.474 e. The molecule has 8 nitrogen and oxygen atoms in total. The summed E-state index contributed by atoms with van der Waals surface area (Å²) in [6.45, 7) is 7.48. The van der Waals surface area contributed by atoms with Crippen molar-refractivity contribution >= 4 is 23.8 Å². The Balaban J connectivity index is 5.10. The summed E-state index contributed by atoms with van der Waals surface area (Å²) in [5.41, 5.74) is -3.10. The molecular weight excluding hydrogens is 515 g/mol. The van der Waals surface area contributed by atoms with Gasteiger partial charge >= 0.3 is 19.5 Å². The molecule has 0 heterocycles. The minimum atomic E-state index is -3.63. The second-order valence-electron chi connectivity index (χ2n) is 10.1. The predicted octanol–water partition coefficient (Wildman–Crippen LogP) is 7.36. The van der Waals surface area contributed by atoms with E-state index in [1.165, 1.54) is 45.4 Å². The third-order valence-corrected chi connectivity index (χ3v) is 10.3. The Hall–Kier alpha value is -0.600. The number of aliphatic hydroxyl groups is 1. The molecule has 37 heavy (non-hydrogen) atoms. The molecule has 0 aromatic carbocycles. The van der Waals surface area contributed by atoms with Gasteiger partial charge in [-0.15, -0.1) is 4.52 Å². The maximum atomic E-state index is 13.3. The first-order valence-electron chi connectivity index (χ1n) is 14.5. The lowest BCUT2D eigenvalue weighted by molar-refractivity contribution is -0.204. The summed E-state index contributed by atoms with van der Waals surface area (Å²) in [7, 11) is -6.75. The van der Waals surface area contributed by atoms with Crippen LogP contribution in [0.25, 0.3) is 0 Å². The molecule has 2 N–H and O–H groups in total. The molecule has 0 spiro atoms. The number of ether oxygens (including phenoxy) is 1. The van der Waals surface area contributed by atoms with Gasteiger partial charge in [0.25, 0.3) is 0 Å². The van der Waals surface area contributed by atoms with E-state index in [0.29, 0.717) is 25.7 Å². The first-order chi connectivity index (χ1) is 17.6. The highest BCUT2D eigenvalue weighted by Crippen LogP contribution is 2.41. The Kier molecular flexibility index (Phi) is 20.9. The Morgan fingerprint density at radius 1 is 0.811 bits per heavy atom. The van der Waals surface area contributed by atoms with Crippen LogP contribution < -0.4 is 0 Å². The van der Waals surface area contributed by atoms with Gasteiger partial charge in [-0.2, -0.15) is 0 Å². The lowest BCUT2D eigenvalue weighted by Gasteiger charge is -2.26. The number of carboxylic acid groups (broad SMARTS) is 1. The first kappa shape index (κ1) is 36.4. The molecular formula is C27H54O8PS+. The number of unbranched alkanes of at least 4 members (excludes halogenated alkanes) is 13. The molecule has 0 rings (SSSR count). The quantitative estimate of drug-likeness (QED) is 0.0628. The van der Waals surface area contributed by atoms with E-state index in [1.54, 1.807) is 6.92 Å². The van der Waals surface area contributed by atoms with Crippen LogP contribution in [0.3, 0.4) is 0 Å². The van der Waals surface area contributed by atoms with Crippen LogP contribution in [0.5, 0.6) is 0 Å². The second-order valence-corrected chi connectivity index (χ2v) is 13.8. The van der Waals surface area contributed by atoms with Gasteiger partial charge in [0, 0.05) is 0 Å². The molecule has 0 aliphatic heterocycles. The van der Waals surface area contributed by atoms with Crippen molar-refractivity contribution in [3.63, 3.8) is 0 Å². The van der Waals surface area contributed by atoms with Crippen LogP contribution in [0.15, 0.2) is 0 Å². The predicted molar refractivity (Wildman–Crippen MR) is 150 cm³/mol. The number of hydrogen-bond donors (Lipinski definition) is 2. The van der Waals surface area contributed by atoms with Crippen molar-refractivity contribution in [2.24, 2.45) is 0 Å². The van der Waals surface area contributed by atoms with Gasteiger partial charge in [-0.25, -0.2) is 13.2 Å². The molecule has 0 aromatic rings. The molecule has 0 amide bonds. The first-order valence-corrected chi connectivity index (χ1v) is 17.4. The Labute approximate surface area is 227 Å². The summed E-state index contributed by atoms with van der Waals surface area (Å²) in [6.07, 6.45) is 15.2. The van der Waals surface area contributed by atoms with E-state index in [4.69, 9.17) is 9.26 Å². The van der Waals surface area contributed by atoms with Crippen LogP contribution >= 0.6 is 8.03 Å². The van der Waals surface area contributed by atoms with Crippen molar-refractivity contribution in [2.75, 3.05) is 12.4 Å². The molecule has 4 atom stereocenters. The van der Waals surface area contributed by atoms with E-state index in [9.17, 15) is 28.0 Å². The fourth-order valence-electron chi connectivity index (χ4n) is 4.37. The van der Waals surface area contributed by atoms with Gasteiger partial charge in [0.05, 0.1) is 17.1 Å². The highest BCUT2D eigenvalue weighted by Gasteiger charge is 2.62. The van der Waals surface area contributed by atoms with Gasteiger partial charge in [0.15, 0.2) is 9.84 Å². The molecule has 0 aliphatic rings. The molecule has 0 radical (unpaired) electrons. The van der Waals surface area contributed by atoms with Crippen molar-refractivity contribution in [3.8, 4) is 0 Å². The average Bonchev–Trinajstić information content (AvgIpc) is 2.85. The summed E-state index contributed by atoms with van der Waals surface area (Å²) >= 11 is 0. The van der Waals surface area contributed by atoms with Gasteiger partial charge in [-0.05, 0) is 30.8 Å². The highest BCUT2D eigenvalue weighted by molar-refractivity contribution is 7.92. The molecule has 220 valence electrons. The molecule has 4 unspecified atom stereocenters. The zero-order valence-corrected chi connectivity index (χ0v) is 25.5. The van der Waals surface area contributed by atoms with E-state index in [2.05, 4.69) is 13.8 Å². The Morgan fingerprint density at radius 2 is 1.27 bits per heavy atom. The SMILES string of the molecule is CCCCCCCCCCCCS(=O)(=O)C(CCCCCCC)C(C)OC(O)(C(=O)O)[P+](=O)OCCC. The average molecular weight is 570 g/mol. The van der Waals surface area contributed by atoms with Crippen LogP contribution in [-0.4, -0.2) is 53.8 Å². The molecule has 0 saturated heterocycles. The zero-order chi connectivity index (χ0) is 28.2. The van der Waals surface area contributed by atoms with Crippen molar-refractivity contribution in [1.29, 1.82) is 0 Å². The van der Waals surface area contributed by atoms with Gasteiger partial charge in [-0.3, -0.25) is 4.74 Å². The third kappa shape index (κ3) is 15.5. The van der Waals surface area contributed by atoms with Crippen molar-refractivity contribution < 1.29 is 37.3 Å². The van der Waals surface area contributed by atoms with E-state index in [0.717, 1.165) is 44.9 Å². The van der Waals surface area contributed by atoms with E-state index >= 15 is 0 Å². The van der Waals surface area contributed by atoms with Crippen molar-refractivity contribution in [3.05, 3.63) is 0 Å². The topological polar surface area (TPSA) is 127 Å². The van der Waals surface area contributed by atoms with Gasteiger partial charge in [-0.1, -0.05) is 111 Å². The minimum absolute atomic E-state index is 0.0131. The fourth-order valence-corrected chi connectivity index (χ4v) is 7.37. The molecule has 0 aliphatic carbocycles. The maximum absolute atomic E-state index is 13.3. The summed E-state index contributed by atoms with van der Waals surface area (Å²) < 4.78 is 49.3. The van der Waals surface area contributed by atoms with Crippen LogP contribution in [0.4, 0.5) is 0 Å². The summed E-state index contributed by atoms with van der Waals surface area (Å²) in [5, 5.41) is 19.1. The molecule has 10 heteroatoms. The third-order valence-electron chi connectivity index (χ3n) is 6.65. The smallest absolute Gasteiger partial charge is 0.474 e. The van der Waals surface area contributed by atoms with Crippen molar-refractivity contribution in [2.45, 2.75) is 154 Å². The number of sulfone groups is 1. The number of hydrogen-bond acceptors (Lipinski definition) is 7. The van der Waals surface area contributed by atoms with Gasteiger partial charge in [0.2, 0.25) is 0 Å². The number of carbonyl (C=O) groups is 1. The van der Waals surface area contributed by atoms with Gasteiger partial charge < -0.3 is 10.2 Å². The highest BCUT2D eigenvalue weighted by atomic mass is 32.2. The van der Waals surface area contributed by atoms with Crippen LogP contribution in [0.2, 0.25) is 0 Å². The van der Waals surface area contributed by atoms with Crippen LogP contribution in [0.1, 0.15) is 137 Å². The lowest BCUT2D eigenvalue weighted by Crippen LogP contribution is -2.46. The van der Waals surface area contributed by atoms with E-state index < -0.39 is 40.7 Å². The zero-order valence-electron chi connectivity index (χ0n) is 23.8.